The molecule has 6 heteroatoms. The highest BCUT2D eigenvalue weighted by Gasteiger charge is 2.25. The summed E-state index contributed by atoms with van der Waals surface area (Å²) >= 11 is 3.70. The molecule has 0 aliphatic rings. The first kappa shape index (κ1) is 32.6. The van der Waals surface area contributed by atoms with Crippen molar-refractivity contribution in [1.82, 2.24) is 19.9 Å². The molecule has 0 aliphatic heterocycles. The number of para-hydroxylation sites is 1. The first-order chi connectivity index (χ1) is 27.8. The highest BCUT2D eigenvalue weighted by Crippen LogP contribution is 2.53. The first-order valence-electron chi connectivity index (χ1n) is 18.6. The molecule has 0 amide bonds. The lowest BCUT2D eigenvalue weighted by Gasteiger charge is -2.12. The molecule has 0 saturated heterocycles. The largest absolute Gasteiger partial charge is 0.247 e. The van der Waals surface area contributed by atoms with Crippen LogP contribution in [0.25, 0.3) is 108 Å². The number of hydrogen-bond acceptors (Lipinski definition) is 6. The summed E-state index contributed by atoms with van der Waals surface area (Å²) in [6.07, 6.45) is 0. The van der Waals surface area contributed by atoms with Gasteiger partial charge in [-0.2, -0.15) is 0 Å². The van der Waals surface area contributed by atoms with Crippen molar-refractivity contribution in [2.45, 2.75) is 0 Å². The van der Waals surface area contributed by atoms with Crippen molar-refractivity contribution in [1.29, 1.82) is 0 Å². The molecular weight excluding hydrogens is 721 g/mol. The Hall–Kier alpha value is -6.86. The normalized spacial score (nSPS) is 11.6. The van der Waals surface area contributed by atoms with Gasteiger partial charge in [-0.1, -0.05) is 164 Å². The van der Waals surface area contributed by atoms with Gasteiger partial charge in [-0.25, -0.2) is 19.9 Å². The molecule has 4 nitrogen and oxygen atoms in total. The lowest BCUT2D eigenvalue weighted by atomic mass is 9.93. The molecule has 56 heavy (non-hydrogen) atoms. The Bertz CT molecular complexity index is 3190. The van der Waals surface area contributed by atoms with Gasteiger partial charge in [-0.15, -0.1) is 22.7 Å². The fourth-order valence-electron chi connectivity index (χ4n) is 7.73. The van der Waals surface area contributed by atoms with E-state index in [4.69, 9.17) is 19.9 Å². The lowest BCUT2D eigenvalue weighted by Crippen LogP contribution is -2.00. The Morgan fingerprint density at radius 3 is 1.61 bits per heavy atom. The molecule has 0 N–H and O–H groups in total. The Balaban J connectivity index is 1.21. The lowest BCUT2D eigenvalue weighted by molar-refractivity contribution is 1.07. The number of pyridine rings is 1. The van der Waals surface area contributed by atoms with Crippen molar-refractivity contribution in [3.05, 3.63) is 182 Å². The van der Waals surface area contributed by atoms with Gasteiger partial charge in [0.15, 0.2) is 17.5 Å². The molecule has 0 bridgehead atoms. The van der Waals surface area contributed by atoms with E-state index in [1.807, 2.05) is 83.3 Å². The van der Waals surface area contributed by atoms with Gasteiger partial charge in [0.2, 0.25) is 0 Å². The van der Waals surface area contributed by atoms with Crippen LogP contribution in [0.5, 0.6) is 0 Å². The van der Waals surface area contributed by atoms with Crippen molar-refractivity contribution in [2.24, 2.45) is 0 Å². The number of rotatable bonds is 6. The minimum atomic E-state index is 0.630. The predicted molar refractivity (Wildman–Crippen MR) is 236 cm³/mol. The van der Waals surface area contributed by atoms with Crippen LogP contribution in [0.15, 0.2) is 182 Å². The number of benzene rings is 7. The minimum Gasteiger partial charge on any atom is -0.247 e. The SMILES string of the molecule is c1ccc(-c2nc(-c3ccccc3)nc(-c3cccc(-c4sc5c(c(-c6ccccc6)nc6ccccc65)c4-c4cccc5c4sc4ccccc45)c3)n2)cc1. The number of fused-ring (bicyclic) bond motifs is 6. The Labute approximate surface area is 331 Å². The molecule has 0 spiro atoms. The summed E-state index contributed by atoms with van der Waals surface area (Å²) in [7, 11) is 0. The molecule has 0 atom stereocenters. The van der Waals surface area contributed by atoms with E-state index in [0.717, 1.165) is 44.4 Å². The van der Waals surface area contributed by atoms with Gasteiger partial charge >= 0.3 is 0 Å². The smallest absolute Gasteiger partial charge is 0.164 e. The van der Waals surface area contributed by atoms with Gasteiger partial charge in [-0.3, -0.25) is 0 Å². The molecular formula is C50H30N4S2. The maximum absolute atomic E-state index is 5.41. The van der Waals surface area contributed by atoms with Crippen LogP contribution in [0.3, 0.4) is 0 Å². The van der Waals surface area contributed by atoms with E-state index >= 15 is 0 Å². The van der Waals surface area contributed by atoms with Crippen LogP contribution in [0, 0.1) is 0 Å². The van der Waals surface area contributed by atoms with Gasteiger partial charge < -0.3 is 0 Å². The van der Waals surface area contributed by atoms with E-state index in [-0.39, 0.29) is 0 Å². The van der Waals surface area contributed by atoms with E-state index in [9.17, 15) is 0 Å². The summed E-state index contributed by atoms with van der Waals surface area (Å²) in [5, 5.41) is 4.87. The Morgan fingerprint density at radius 2 is 0.893 bits per heavy atom. The maximum atomic E-state index is 5.41. The molecule has 0 aliphatic carbocycles. The Morgan fingerprint density at radius 1 is 0.357 bits per heavy atom. The quantitative estimate of drug-likeness (QED) is 0.170. The standard InChI is InChI=1S/C50H30N4S2/c1-4-16-31(17-5-1)44-43-42(39-27-15-26-37-36-24-11-13-29-41(36)55-46(37)39)45(56-47(43)38-25-10-12-28-40(38)51-44)34-22-14-23-35(30-34)50-53-48(32-18-6-2-7-19-32)52-49(54-50)33-20-8-3-9-21-33/h1-30H. The average Bonchev–Trinajstić information content (AvgIpc) is 3.87. The predicted octanol–water partition coefficient (Wildman–Crippen LogP) is 14.0. The highest BCUT2D eigenvalue weighted by molar-refractivity contribution is 7.27. The molecule has 0 saturated carbocycles. The first-order valence-corrected chi connectivity index (χ1v) is 20.2. The average molecular weight is 751 g/mol. The van der Waals surface area contributed by atoms with E-state index in [0.29, 0.717) is 17.5 Å². The van der Waals surface area contributed by atoms with Gasteiger partial charge in [0.25, 0.3) is 0 Å². The molecule has 4 heterocycles. The fourth-order valence-corrected chi connectivity index (χ4v) is 10.3. The summed E-state index contributed by atoms with van der Waals surface area (Å²) in [6.45, 7) is 0. The van der Waals surface area contributed by atoms with Gasteiger partial charge in [0.05, 0.1) is 11.2 Å². The molecule has 0 radical (unpaired) electrons. The fraction of sp³-hybridized carbons (Fsp3) is 0. The van der Waals surface area contributed by atoms with Crippen LogP contribution in [0.2, 0.25) is 0 Å². The third-order valence-electron chi connectivity index (χ3n) is 10.3. The van der Waals surface area contributed by atoms with E-state index in [2.05, 4.69) is 121 Å². The molecule has 7 aromatic carbocycles. The van der Waals surface area contributed by atoms with Crippen molar-refractivity contribution in [3.8, 4) is 67.0 Å². The minimum absolute atomic E-state index is 0.630. The number of aromatic nitrogens is 4. The Kier molecular flexibility index (Phi) is 7.83. The molecule has 11 rings (SSSR count). The zero-order valence-electron chi connectivity index (χ0n) is 29.9. The van der Waals surface area contributed by atoms with Gasteiger partial charge in [0, 0.05) is 73.9 Å². The summed E-state index contributed by atoms with van der Waals surface area (Å²) in [5.41, 5.74) is 9.39. The molecule has 0 fully saturated rings. The van der Waals surface area contributed by atoms with Crippen LogP contribution in [-0.4, -0.2) is 19.9 Å². The summed E-state index contributed by atoms with van der Waals surface area (Å²) < 4.78 is 3.78. The summed E-state index contributed by atoms with van der Waals surface area (Å²) in [6, 6.07) is 63.6. The molecule has 4 aromatic heterocycles. The van der Waals surface area contributed by atoms with Crippen LogP contribution in [-0.2, 0) is 0 Å². The van der Waals surface area contributed by atoms with E-state index in [1.165, 1.54) is 46.3 Å². The summed E-state index contributed by atoms with van der Waals surface area (Å²) in [5.74, 6) is 1.92. The second-order valence-electron chi connectivity index (χ2n) is 13.8. The van der Waals surface area contributed by atoms with Crippen molar-refractivity contribution in [2.75, 3.05) is 0 Å². The zero-order chi connectivity index (χ0) is 37.0. The molecule has 11 aromatic rings. The van der Waals surface area contributed by atoms with Crippen LogP contribution < -0.4 is 0 Å². The number of thiophene rings is 2. The number of hydrogen-bond donors (Lipinski definition) is 0. The van der Waals surface area contributed by atoms with Crippen molar-refractivity contribution < 1.29 is 0 Å². The van der Waals surface area contributed by atoms with Gasteiger partial charge in [0.1, 0.15) is 0 Å². The van der Waals surface area contributed by atoms with Crippen LogP contribution in [0.4, 0.5) is 0 Å². The van der Waals surface area contributed by atoms with Crippen molar-refractivity contribution >= 4 is 63.8 Å². The third-order valence-corrected chi connectivity index (χ3v) is 12.8. The monoisotopic (exact) mass is 750 g/mol. The third kappa shape index (κ3) is 5.50. The van der Waals surface area contributed by atoms with E-state index in [1.54, 1.807) is 0 Å². The van der Waals surface area contributed by atoms with Crippen LogP contribution >= 0.6 is 22.7 Å². The van der Waals surface area contributed by atoms with Gasteiger partial charge in [-0.05, 0) is 23.8 Å². The van der Waals surface area contributed by atoms with E-state index < -0.39 is 0 Å². The van der Waals surface area contributed by atoms with Crippen molar-refractivity contribution in [3.63, 3.8) is 0 Å². The highest BCUT2D eigenvalue weighted by atomic mass is 32.1. The number of nitrogens with zero attached hydrogens (tertiary/aromatic N) is 4. The summed E-state index contributed by atoms with van der Waals surface area (Å²) in [4.78, 5) is 21.7. The second kappa shape index (κ2) is 13.5. The second-order valence-corrected chi connectivity index (χ2v) is 15.8. The van der Waals surface area contributed by atoms with Crippen LogP contribution in [0.1, 0.15) is 0 Å². The molecule has 262 valence electrons. The topological polar surface area (TPSA) is 51.6 Å². The zero-order valence-corrected chi connectivity index (χ0v) is 31.6. The maximum Gasteiger partial charge on any atom is 0.164 e. The molecule has 0 unspecified atom stereocenters.